The van der Waals surface area contributed by atoms with Gasteiger partial charge in [-0.1, -0.05) is 35.0 Å². The van der Waals surface area contributed by atoms with Gasteiger partial charge in [-0.15, -0.1) is 0 Å². The number of rotatable bonds is 11. The van der Waals surface area contributed by atoms with E-state index in [1.807, 2.05) is 25.1 Å². The molecule has 168 valence electrons. The molecule has 0 saturated heterocycles. The molecule has 2 aromatic rings. The number of benzene rings is 2. The van der Waals surface area contributed by atoms with E-state index in [1.54, 1.807) is 30.3 Å². The zero-order valence-electron chi connectivity index (χ0n) is 17.1. The summed E-state index contributed by atoms with van der Waals surface area (Å²) in [5.74, 6) is 0.00718. The van der Waals surface area contributed by atoms with Gasteiger partial charge in [0, 0.05) is 16.1 Å². The van der Waals surface area contributed by atoms with Crippen LogP contribution in [0.25, 0.3) is 0 Å². The van der Waals surface area contributed by atoms with E-state index in [-0.39, 0.29) is 31.5 Å². The van der Waals surface area contributed by atoms with Gasteiger partial charge in [-0.2, -0.15) is 12.6 Å². The molecule has 7 nitrogen and oxygen atoms in total. The number of ether oxygens (including phenoxy) is 3. The summed E-state index contributed by atoms with van der Waals surface area (Å²) < 4.78 is 17.2. The van der Waals surface area contributed by atoms with Crippen LogP contribution in [0.1, 0.15) is 25.0 Å². The van der Waals surface area contributed by atoms with Crippen LogP contribution in [0, 0.1) is 5.92 Å². The molecular formula is C22H26BrNO6S. The predicted molar refractivity (Wildman–Crippen MR) is 125 cm³/mol. The SMILES string of the molecule is C[C@@H](CCOC(=O)CS)[C@@H](OC(=O)Nc1ccc(Br)cc1)c1cccc(OCCO)c1. The smallest absolute Gasteiger partial charge is 0.412 e. The maximum absolute atomic E-state index is 12.6. The summed E-state index contributed by atoms with van der Waals surface area (Å²) >= 11 is 7.24. The highest BCUT2D eigenvalue weighted by atomic mass is 79.9. The van der Waals surface area contributed by atoms with E-state index >= 15 is 0 Å². The molecule has 2 atom stereocenters. The quantitative estimate of drug-likeness (QED) is 0.301. The average molecular weight is 512 g/mol. The summed E-state index contributed by atoms with van der Waals surface area (Å²) in [6, 6.07) is 14.3. The minimum absolute atomic E-state index is 0.00808. The van der Waals surface area contributed by atoms with E-state index < -0.39 is 18.2 Å². The van der Waals surface area contributed by atoms with E-state index in [9.17, 15) is 9.59 Å². The monoisotopic (exact) mass is 511 g/mol. The van der Waals surface area contributed by atoms with Crippen molar-refractivity contribution < 1.29 is 28.9 Å². The number of hydrogen-bond donors (Lipinski definition) is 3. The molecule has 1 amide bonds. The molecule has 0 bridgehead atoms. The third-order valence-electron chi connectivity index (χ3n) is 4.35. The standard InChI is InChI=1S/C22H26BrNO6S/c1-15(9-11-29-20(26)14-31)21(16-3-2-4-19(13-16)28-12-10-25)30-22(27)24-18-7-5-17(23)6-8-18/h2-8,13,15,21,25,31H,9-12,14H2,1H3,(H,24,27)/t15-,21+/m0/s1. The number of carbonyl (C=O) groups excluding carboxylic acids is 2. The molecule has 0 radical (unpaired) electrons. The number of halogens is 1. The van der Waals surface area contributed by atoms with Gasteiger partial charge >= 0.3 is 12.1 Å². The molecule has 0 aliphatic heterocycles. The Labute approximate surface area is 195 Å². The molecule has 2 aromatic carbocycles. The first-order valence-electron chi connectivity index (χ1n) is 9.76. The van der Waals surface area contributed by atoms with Crippen molar-refractivity contribution in [3.05, 3.63) is 58.6 Å². The lowest BCUT2D eigenvalue weighted by atomic mass is 9.94. The Morgan fingerprint density at radius 2 is 1.90 bits per heavy atom. The Bertz CT molecular complexity index is 848. The number of nitrogens with one attached hydrogen (secondary N) is 1. The van der Waals surface area contributed by atoms with Gasteiger partial charge in [0.1, 0.15) is 18.5 Å². The second kappa shape index (κ2) is 13.2. The lowest BCUT2D eigenvalue weighted by molar-refractivity contribution is -0.141. The Kier molecular flexibility index (Phi) is 10.7. The number of aliphatic hydroxyl groups is 1. The number of anilines is 1. The summed E-state index contributed by atoms with van der Waals surface area (Å²) in [7, 11) is 0. The highest BCUT2D eigenvalue weighted by Crippen LogP contribution is 2.31. The topological polar surface area (TPSA) is 94.1 Å². The van der Waals surface area contributed by atoms with E-state index in [0.717, 1.165) is 10.0 Å². The first-order chi connectivity index (χ1) is 14.9. The molecule has 0 fully saturated rings. The highest BCUT2D eigenvalue weighted by Gasteiger charge is 2.25. The fourth-order valence-electron chi connectivity index (χ4n) is 2.81. The Balaban J connectivity index is 2.13. The van der Waals surface area contributed by atoms with Gasteiger partial charge < -0.3 is 19.3 Å². The molecule has 2 N–H and O–H groups in total. The minimum atomic E-state index is -0.608. The van der Waals surface area contributed by atoms with Crippen LogP contribution in [-0.2, 0) is 14.3 Å². The Morgan fingerprint density at radius 3 is 2.58 bits per heavy atom. The number of thiol groups is 1. The molecule has 0 unspecified atom stereocenters. The van der Waals surface area contributed by atoms with Crippen LogP contribution in [0.5, 0.6) is 5.75 Å². The molecule has 0 heterocycles. The maximum Gasteiger partial charge on any atom is 0.412 e. The Hall–Kier alpha value is -2.23. The molecule has 2 rings (SSSR count). The van der Waals surface area contributed by atoms with Crippen LogP contribution in [0.2, 0.25) is 0 Å². The first-order valence-corrected chi connectivity index (χ1v) is 11.2. The number of hydrogen-bond acceptors (Lipinski definition) is 7. The molecule has 0 aliphatic rings. The van der Waals surface area contributed by atoms with Gasteiger partial charge in [0.05, 0.1) is 19.0 Å². The normalized spacial score (nSPS) is 12.5. The average Bonchev–Trinajstić information content (AvgIpc) is 2.77. The third-order valence-corrected chi connectivity index (χ3v) is 5.14. The summed E-state index contributed by atoms with van der Waals surface area (Å²) in [6.07, 6.45) is -0.728. The molecule has 0 spiro atoms. The van der Waals surface area contributed by atoms with E-state index in [2.05, 4.69) is 33.9 Å². The van der Waals surface area contributed by atoms with Crippen molar-refractivity contribution in [1.29, 1.82) is 0 Å². The van der Waals surface area contributed by atoms with Gasteiger partial charge in [0.25, 0.3) is 0 Å². The van der Waals surface area contributed by atoms with Crippen molar-refractivity contribution in [2.45, 2.75) is 19.4 Å². The van der Waals surface area contributed by atoms with Crippen LogP contribution < -0.4 is 10.1 Å². The summed E-state index contributed by atoms with van der Waals surface area (Å²) in [5, 5.41) is 11.7. The molecule has 31 heavy (non-hydrogen) atoms. The highest BCUT2D eigenvalue weighted by molar-refractivity contribution is 9.10. The lowest BCUT2D eigenvalue weighted by Crippen LogP contribution is -2.23. The van der Waals surface area contributed by atoms with Crippen molar-refractivity contribution in [3.8, 4) is 5.75 Å². The van der Waals surface area contributed by atoms with Gasteiger partial charge in [0.15, 0.2) is 0 Å². The lowest BCUT2D eigenvalue weighted by Gasteiger charge is -2.25. The van der Waals surface area contributed by atoms with Gasteiger partial charge in [0.2, 0.25) is 0 Å². The molecule has 0 aliphatic carbocycles. The molecule has 0 aromatic heterocycles. The van der Waals surface area contributed by atoms with Crippen LogP contribution in [0.3, 0.4) is 0 Å². The van der Waals surface area contributed by atoms with Crippen LogP contribution in [-0.4, -0.2) is 42.7 Å². The number of amides is 1. The predicted octanol–water partition coefficient (Wildman–Crippen LogP) is 4.61. The number of aliphatic hydroxyl groups excluding tert-OH is 1. The first kappa shape index (κ1) is 25.0. The maximum atomic E-state index is 12.6. The molecular weight excluding hydrogens is 486 g/mol. The zero-order chi connectivity index (χ0) is 22.6. The number of esters is 1. The molecule has 0 saturated carbocycles. The largest absolute Gasteiger partial charge is 0.491 e. The third kappa shape index (κ3) is 8.80. The fraction of sp³-hybridized carbons (Fsp3) is 0.364. The second-order valence-corrected chi connectivity index (χ2v) is 7.98. The summed E-state index contributed by atoms with van der Waals surface area (Å²) in [4.78, 5) is 23.9. The van der Waals surface area contributed by atoms with Gasteiger partial charge in [-0.3, -0.25) is 10.1 Å². The van der Waals surface area contributed by atoms with Gasteiger partial charge in [-0.25, -0.2) is 4.79 Å². The molecule has 9 heteroatoms. The van der Waals surface area contributed by atoms with Crippen molar-refractivity contribution in [1.82, 2.24) is 0 Å². The van der Waals surface area contributed by atoms with Crippen LogP contribution in [0.4, 0.5) is 10.5 Å². The van der Waals surface area contributed by atoms with E-state index in [0.29, 0.717) is 17.9 Å². The summed E-state index contributed by atoms with van der Waals surface area (Å²) in [6.45, 7) is 2.16. The Morgan fingerprint density at radius 1 is 1.16 bits per heavy atom. The van der Waals surface area contributed by atoms with Crippen molar-refractivity contribution in [2.75, 3.05) is 30.9 Å². The number of carbonyl (C=O) groups is 2. The summed E-state index contributed by atoms with van der Waals surface area (Å²) in [5.41, 5.74) is 1.33. The zero-order valence-corrected chi connectivity index (χ0v) is 19.6. The second-order valence-electron chi connectivity index (χ2n) is 6.75. The van der Waals surface area contributed by atoms with Crippen molar-refractivity contribution in [2.24, 2.45) is 5.92 Å². The van der Waals surface area contributed by atoms with E-state index in [1.165, 1.54) is 0 Å². The fourth-order valence-corrected chi connectivity index (χ4v) is 3.16. The van der Waals surface area contributed by atoms with Crippen molar-refractivity contribution in [3.63, 3.8) is 0 Å². The van der Waals surface area contributed by atoms with Crippen LogP contribution in [0.15, 0.2) is 53.0 Å². The van der Waals surface area contributed by atoms with Crippen molar-refractivity contribution >= 4 is 46.3 Å². The van der Waals surface area contributed by atoms with Crippen LogP contribution >= 0.6 is 28.6 Å². The van der Waals surface area contributed by atoms with E-state index in [4.69, 9.17) is 19.3 Å². The minimum Gasteiger partial charge on any atom is -0.491 e. The van der Waals surface area contributed by atoms with Gasteiger partial charge in [-0.05, 0) is 48.4 Å².